The third-order valence-electron chi connectivity index (χ3n) is 7.33. The number of rotatable bonds is 6. The van der Waals surface area contributed by atoms with Gasteiger partial charge in [-0.2, -0.15) is 0 Å². The molecule has 4 nitrogen and oxygen atoms in total. The Morgan fingerprint density at radius 3 is 2.09 bits per heavy atom. The molecule has 3 aliphatic carbocycles. The van der Waals surface area contributed by atoms with Crippen molar-refractivity contribution < 1.29 is 19.1 Å². The van der Waals surface area contributed by atoms with Crippen LogP contribution in [0.3, 0.4) is 0 Å². The molecule has 7 rings (SSSR count). The van der Waals surface area contributed by atoms with E-state index in [0.29, 0.717) is 12.2 Å². The van der Waals surface area contributed by atoms with E-state index in [1.54, 1.807) is 6.07 Å². The average Bonchev–Trinajstić information content (AvgIpc) is 2.91. The summed E-state index contributed by atoms with van der Waals surface area (Å²) >= 11 is 0. The van der Waals surface area contributed by atoms with Gasteiger partial charge < -0.3 is 9.47 Å². The third kappa shape index (κ3) is 3.99. The molecule has 1 unspecified atom stereocenters. The van der Waals surface area contributed by atoms with E-state index >= 15 is 0 Å². The van der Waals surface area contributed by atoms with E-state index in [0.717, 1.165) is 17.2 Å². The summed E-state index contributed by atoms with van der Waals surface area (Å²) in [5, 5.41) is 2.12. The minimum Gasteiger partial charge on any atom is -0.465 e. The summed E-state index contributed by atoms with van der Waals surface area (Å²) in [5.41, 5.74) is 5.14. The molecule has 3 aliphatic rings. The van der Waals surface area contributed by atoms with Gasteiger partial charge in [0.25, 0.3) is 0 Å². The molecule has 35 heavy (non-hydrogen) atoms. The molecule has 4 aromatic carbocycles. The van der Waals surface area contributed by atoms with Gasteiger partial charge in [0.15, 0.2) is 0 Å². The van der Waals surface area contributed by atoms with Crippen LogP contribution in [0.25, 0.3) is 10.8 Å². The second kappa shape index (κ2) is 9.03. The van der Waals surface area contributed by atoms with Crippen LogP contribution in [0, 0.1) is 5.92 Å². The topological polar surface area (TPSA) is 52.6 Å². The second-order valence-electron chi connectivity index (χ2n) is 9.38. The second-order valence-corrected chi connectivity index (χ2v) is 9.38. The van der Waals surface area contributed by atoms with Crippen LogP contribution in [0.2, 0.25) is 0 Å². The number of ether oxygens (including phenoxy) is 2. The predicted octanol–water partition coefficient (Wildman–Crippen LogP) is 6.37. The summed E-state index contributed by atoms with van der Waals surface area (Å²) in [7, 11) is 0. The highest BCUT2D eigenvalue weighted by Crippen LogP contribution is 2.55. The van der Waals surface area contributed by atoms with Gasteiger partial charge >= 0.3 is 11.9 Å². The molecule has 4 heteroatoms. The molecule has 0 aliphatic heterocycles. The van der Waals surface area contributed by atoms with Gasteiger partial charge in [0.05, 0.1) is 12.5 Å². The van der Waals surface area contributed by atoms with Crippen LogP contribution in [0.4, 0.5) is 0 Å². The summed E-state index contributed by atoms with van der Waals surface area (Å²) in [6.07, 6.45) is 1.40. The number of benzene rings is 4. The first-order valence-electron chi connectivity index (χ1n) is 12.2. The fourth-order valence-electron chi connectivity index (χ4n) is 5.78. The van der Waals surface area contributed by atoms with Crippen molar-refractivity contribution in [2.45, 2.75) is 31.1 Å². The predicted molar refractivity (Wildman–Crippen MR) is 134 cm³/mol. The Morgan fingerprint density at radius 1 is 0.743 bits per heavy atom. The first-order chi connectivity index (χ1) is 17.2. The van der Waals surface area contributed by atoms with Gasteiger partial charge in [-0.15, -0.1) is 0 Å². The molecule has 0 heterocycles. The van der Waals surface area contributed by atoms with E-state index in [2.05, 4.69) is 36.4 Å². The maximum Gasteiger partial charge on any atom is 0.311 e. The molecule has 0 saturated heterocycles. The van der Waals surface area contributed by atoms with E-state index in [9.17, 15) is 9.59 Å². The molecule has 0 spiro atoms. The normalized spacial score (nSPS) is 19.6. The summed E-state index contributed by atoms with van der Waals surface area (Å²) in [6.45, 7) is 0.211. The van der Waals surface area contributed by atoms with Crippen LogP contribution in [0.15, 0.2) is 91.0 Å². The summed E-state index contributed by atoms with van der Waals surface area (Å²) < 4.78 is 11.2. The summed E-state index contributed by atoms with van der Waals surface area (Å²) in [6, 6.07) is 30.4. The van der Waals surface area contributed by atoms with Crippen LogP contribution in [0.5, 0.6) is 5.75 Å². The third-order valence-corrected chi connectivity index (χ3v) is 7.33. The number of esters is 2. The number of fused-ring (bicyclic) bond motifs is 2. The molecular formula is C31H26O4. The zero-order valence-corrected chi connectivity index (χ0v) is 19.4. The molecule has 2 bridgehead atoms. The van der Waals surface area contributed by atoms with Crippen molar-refractivity contribution in [2.24, 2.45) is 5.92 Å². The minimum atomic E-state index is -0.323. The van der Waals surface area contributed by atoms with Gasteiger partial charge in [-0.1, -0.05) is 78.9 Å². The van der Waals surface area contributed by atoms with Crippen LogP contribution < -0.4 is 4.74 Å². The Kier molecular flexibility index (Phi) is 5.57. The van der Waals surface area contributed by atoms with Crippen molar-refractivity contribution in [2.75, 3.05) is 6.61 Å². The lowest BCUT2D eigenvalue weighted by molar-refractivity contribution is -0.150. The molecule has 0 saturated carbocycles. The van der Waals surface area contributed by atoms with E-state index in [-0.39, 0.29) is 42.7 Å². The molecule has 0 radical (unpaired) electrons. The molecule has 0 fully saturated rings. The standard InChI is InChI=1S/C31H26O4/c32-29(35-22-16-15-20-8-1-2-9-21(20)18-22)14-7-17-34-31(33)28-19-27-23-10-3-5-12-25(23)30(28)26-13-6-4-11-24(26)27/h1-6,8-13,15-16,18,27-28,30H,7,14,17,19H2. The highest BCUT2D eigenvalue weighted by atomic mass is 16.5. The van der Waals surface area contributed by atoms with Crippen LogP contribution >= 0.6 is 0 Å². The average molecular weight is 463 g/mol. The van der Waals surface area contributed by atoms with E-state index in [1.807, 2.05) is 48.5 Å². The van der Waals surface area contributed by atoms with Crippen molar-refractivity contribution in [1.29, 1.82) is 0 Å². The smallest absolute Gasteiger partial charge is 0.311 e. The van der Waals surface area contributed by atoms with Crippen molar-refractivity contribution in [3.8, 4) is 5.75 Å². The quantitative estimate of drug-likeness (QED) is 0.190. The van der Waals surface area contributed by atoms with Crippen molar-refractivity contribution in [3.05, 3.63) is 113 Å². The van der Waals surface area contributed by atoms with Gasteiger partial charge in [-0.25, -0.2) is 0 Å². The molecular weight excluding hydrogens is 436 g/mol. The number of hydrogen-bond donors (Lipinski definition) is 0. The Morgan fingerprint density at radius 2 is 1.37 bits per heavy atom. The first-order valence-corrected chi connectivity index (χ1v) is 12.2. The van der Waals surface area contributed by atoms with Gasteiger partial charge in [0, 0.05) is 18.3 Å². The Balaban J connectivity index is 1.06. The minimum absolute atomic E-state index is 0.0257. The SMILES string of the molecule is O=C(CCCOC(=O)C1CC2c3ccccc3C1c1ccccc12)Oc1ccc2ccccc2c1. The number of carbonyl (C=O) groups is 2. The largest absolute Gasteiger partial charge is 0.465 e. The molecule has 0 amide bonds. The summed E-state index contributed by atoms with van der Waals surface area (Å²) in [5.74, 6) is 0.0815. The lowest BCUT2D eigenvalue weighted by Crippen LogP contribution is -2.37. The maximum absolute atomic E-state index is 13.1. The molecule has 0 aromatic heterocycles. The Hall–Kier alpha value is -3.92. The Labute approximate surface area is 204 Å². The zero-order valence-electron chi connectivity index (χ0n) is 19.4. The van der Waals surface area contributed by atoms with E-state index in [1.165, 1.54) is 22.3 Å². The molecule has 0 N–H and O–H groups in total. The molecule has 1 atom stereocenters. The van der Waals surface area contributed by atoms with Crippen molar-refractivity contribution in [1.82, 2.24) is 0 Å². The zero-order chi connectivity index (χ0) is 23.8. The van der Waals surface area contributed by atoms with Gasteiger partial charge in [-0.3, -0.25) is 9.59 Å². The van der Waals surface area contributed by atoms with Crippen LogP contribution in [-0.2, 0) is 14.3 Å². The fraction of sp³-hybridized carbons (Fsp3) is 0.226. The lowest BCUT2D eigenvalue weighted by Gasteiger charge is -2.44. The van der Waals surface area contributed by atoms with E-state index < -0.39 is 0 Å². The van der Waals surface area contributed by atoms with Crippen molar-refractivity contribution in [3.63, 3.8) is 0 Å². The molecule has 174 valence electrons. The number of carbonyl (C=O) groups excluding carboxylic acids is 2. The Bertz CT molecular complexity index is 1370. The number of hydrogen-bond acceptors (Lipinski definition) is 4. The van der Waals surface area contributed by atoms with E-state index in [4.69, 9.17) is 9.47 Å². The van der Waals surface area contributed by atoms with Gasteiger partial charge in [-0.05, 0) is 58.0 Å². The lowest BCUT2D eigenvalue weighted by atomic mass is 9.59. The van der Waals surface area contributed by atoms with Crippen molar-refractivity contribution >= 4 is 22.7 Å². The first kappa shape index (κ1) is 21.6. The highest BCUT2D eigenvalue weighted by Gasteiger charge is 2.46. The van der Waals surface area contributed by atoms with Gasteiger partial charge in [0.2, 0.25) is 0 Å². The molecule has 4 aromatic rings. The highest BCUT2D eigenvalue weighted by molar-refractivity contribution is 5.84. The van der Waals surface area contributed by atoms with Crippen LogP contribution in [-0.4, -0.2) is 18.5 Å². The monoisotopic (exact) mass is 462 g/mol. The maximum atomic E-state index is 13.1. The summed E-state index contributed by atoms with van der Waals surface area (Å²) in [4.78, 5) is 25.4. The fourth-order valence-corrected chi connectivity index (χ4v) is 5.78. The van der Waals surface area contributed by atoms with Gasteiger partial charge in [0.1, 0.15) is 5.75 Å². The van der Waals surface area contributed by atoms with Crippen LogP contribution in [0.1, 0.15) is 53.4 Å².